The minimum absolute atomic E-state index is 0.0267. The second-order valence-electron chi connectivity index (χ2n) is 11.5. The molecule has 2 amide bonds. The minimum Gasteiger partial charge on any atom is -0.481 e. The highest BCUT2D eigenvalue weighted by Gasteiger charge is 2.34. The lowest BCUT2D eigenvalue weighted by molar-refractivity contribution is -0.138. The SMILES string of the molecule is CCC1=C(C)C2=Cc3[nH]c(/C=c4\[nH]/c(=C\C5=NC(=O)C(C)=C5CC)c(C)c4CCC(=O)O)c(CCC(=O)O)c3CCN2C1=O. The van der Waals surface area contributed by atoms with Gasteiger partial charge in [0.15, 0.2) is 0 Å². The van der Waals surface area contributed by atoms with Crippen molar-refractivity contribution in [2.75, 3.05) is 6.54 Å². The Morgan fingerprint density at radius 1 is 0.909 bits per heavy atom. The third-order valence-electron chi connectivity index (χ3n) is 8.99. The number of H-pyrrole nitrogens is 2. The number of hydrogen-bond acceptors (Lipinski definition) is 4. The molecule has 3 aliphatic rings. The van der Waals surface area contributed by atoms with Gasteiger partial charge in [-0.3, -0.25) is 19.2 Å². The Morgan fingerprint density at radius 3 is 2.20 bits per heavy atom. The molecule has 0 fully saturated rings. The first kappa shape index (κ1) is 30.7. The van der Waals surface area contributed by atoms with E-state index in [2.05, 4.69) is 15.0 Å². The monoisotopic (exact) mass is 598 g/mol. The van der Waals surface area contributed by atoms with Crippen molar-refractivity contribution in [3.63, 3.8) is 0 Å². The maximum atomic E-state index is 13.0. The molecule has 0 radical (unpaired) electrons. The van der Waals surface area contributed by atoms with Crippen molar-refractivity contribution in [1.82, 2.24) is 14.9 Å². The van der Waals surface area contributed by atoms with E-state index in [4.69, 9.17) is 0 Å². The highest BCUT2D eigenvalue weighted by molar-refractivity contribution is 6.30. The van der Waals surface area contributed by atoms with Crippen molar-refractivity contribution in [3.05, 3.63) is 72.3 Å². The first-order valence-electron chi connectivity index (χ1n) is 15.1. The van der Waals surface area contributed by atoms with E-state index in [0.29, 0.717) is 48.9 Å². The topological polar surface area (TPSA) is 156 Å². The van der Waals surface area contributed by atoms with Gasteiger partial charge in [0.2, 0.25) is 0 Å². The van der Waals surface area contributed by atoms with Gasteiger partial charge in [-0.2, -0.15) is 0 Å². The molecule has 0 aliphatic carbocycles. The summed E-state index contributed by atoms with van der Waals surface area (Å²) in [6, 6.07) is 0. The van der Waals surface area contributed by atoms with Gasteiger partial charge < -0.3 is 25.1 Å². The molecule has 0 atom stereocenters. The second kappa shape index (κ2) is 12.1. The summed E-state index contributed by atoms with van der Waals surface area (Å²) in [5.41, 5.74) is 9.85. The molecule has 0 saturated carbocycles. The minimum atomic E-state index is -0.912. The highest BCUT2D eigenvalue weighted by atomic mass is 16.4. The molecular weight excluding hydrogens is 560 g/mol. The number of fused-ring (bicyclic) bond motifs is 2. The lowest BCUT2D eigenvalue weighted by Gasteiger charge is -2.17. The number of carbonyl (C=O) groups is 4. The van der Waals surface area contributed by atoms with Crippen molar-refractivity contribution in [2.24, 2.45) is 4.99 Å². The fourth-order valence-corrected chi connectivity index (χ4v) is 6.57. The van der Waals surface area contributed by atoms with Crippen molar-refractivity contribution >= 4 is 47.7 Å². The van der Waals surface area contributed by atoms with Crippen molar-refractivity contribution in [1.29, 1.82) is 0 Å². The van der Waals surface area contributed by atoms with E-state index in [1.165, 1.54) is 0 Å². The van der Waals surface area contributed by atoms with E-state index in [1.54, 1.807) is 6.92 Å². The average molecular weight is 599 g/mol. The molecule has 10 heteroatoms. The van der Waals surface area contributed by atoms with Crippen LogP contribution in [0.4, 0.5) is 0 Å². The lowest BCUT2D eigenvalue weighted by Crippen LogP contribution is -2.27. The summed E-state index contributed by atoms with van der Waals surface area (Å²) < 4.78 is 0. The molecule has 5 rings (SSSR count). The molecule has 230 valence electrons. The summed E-state index contributed by atoms with van der Waals surface area (Å²) in [5.74, 6) is -2.04. The summed E-state index contributed by atoms with van der Waals surface area (Å²) in [7, 11) is 0. The Balaban J connectivity index is 1.69. The molecule has 10 nitrogen and oxygen atoms in total. The maximum absolute atomic E-state index is 13.0. The predicted molar refractivity (Wildman–Crippen MR) is 167 cm³/mol. The smallest absolute Gasteiger partial charge is 0.303 e. The van der Waals surface area contributed by atoms with Gasteiger partial charge >= 0.3 is 11.9 Å². The van der Waals surface area contributed by atoms with Crippen LogP contribution in [0.1, 0.15) is 87.0 Å². The molecule has 0 saturated heterocycles. The highest BCUT2D eigenvalue weighted by Crippen LogP contribution is 2.36. The number of aliphatic imine (C=N–C) groups is 1. The van der Waals surface area contributed by atoms with Gasteiger partial charge in [0.25, 0.3) is 11.8 Å². The van der Waals surface area contributed by atoms with E-state index in [0.717, 1.165) is 61.4 Å². The summed E-state index contributed by atoms with van der Waals surface area (Å²) in [4.78, 5) is 61.5. The van der Waals surface area contributed by atoms with Gasteiger partial charge in [0.1, 0.15) is 0 Å². The van der Waals surface area contributed by atoms with Crippen LogP contribution in [0.2, 0.25) is 0 Å². The first-order chi connectivity index (χ1) is 20.9. The van der Waals surface area contributed by atoms with Gasteiger partial charge in [-0.05, 0) is 105 Å². The molecule has 2 aromatic rings. The zero-order chi connectivity index (χ0) is 31.9. The van der Waals surface area contributed by atoms with E-state index < -0.39 is 11.9 Å². The molecule has 2 aromatic heterocycles. The largest absolute Gasteiger partial charge is 0.481 e. The number of allylic oxidation sites excluding steroid dienone is 2. The van der Waals surface area contributed by atoms with Crippen LogP contribution in [-0.2, 0) is 38.4 Å². The van der Waals surface area contributed by atoms with Crippen LogP contribution in [0, 0.1) is 6.92 Å². The fraction of sp³-hybridized carbons (Fsp3) is 0.382. The molecular formula is C34H38N4O6. The molecule has 4 N–H and O–H groups in total. The standard InChI is InChI=1S/C34H38N4O6/c1-6-20-19(5)33(43)37-26(20)14-25-17(3)22(8-10-31(39)40)27(35-25)15-28-23(9-11-32(41)42)24-12-13-38-30(16-29(24)36-28)18(4)21(7-2)34(38)44/h14-16,35-36H,6-13H2,1-5H3,(H,39,40)(H,41,42)/b25-14-,27-15-. The molecule has 0 unspecified atom stereocenters. The van der Waals surface area contributed by atoms with Gasteiger partial charge in [-0.1, -0.05) is 13.8 Å². The van der Waals surface area contributed by atoms with Crippen molar-refractivity contribution < 1.29 is 29.4 Å². The van der Waals surface area contributed by atoms with Gasteiger partial charge in [0.05, 0.1) is 5.71 Å². The Kier molecular flexibility index (Phi) is 8.45. The zero-order valence-corrected chi connectivity index (χ0v) is 25.8. The zero-order valence-electron chi connectivity index (χ0n) is 25.8. The van der Waals surface area contributed by atoms with E-state index >= 15 is 0 Å². The second-order valence-corrected chi connectivity index (χ2v) is 11.5. The summed E-state index contributed by atoms with van der Waals surface area (Å²) >= 11 is 0. The van der Waals surface area contributed by atoms with Gasteiger partial charge in [0, 0.05) is 58.3 Å². The average Bonchev–Trinajstić information content (AvgIpc) is 3.56. The summed E-state index contributed by atoms with van der Waals surface area (Å²) in [5, 5.41) is 20.5. The van der Waals surface area contributed by atoms with Crippen LogP contribution in [0.5, 0.6) is 0 Å². The molecule has 0 bridgehead atoms. The number of nitrogens with zero attached hydrogens (tertiary/aromatic N) is 2. The molecule has 3 aliphatic heterocycles. The van der Waals surface area contributed by atoms with Crippen molar-refractivity contribution in [3.8, 4) is 0 Å². The van der Waals surface area contributed by atoms with Crippen molar-refractivity contribution in [2.45, 2.75) is 79.6 Å². The van der Waals surface area contributed by atoms with Crippen LogP contribution in [-0.4, -0.2) is 61.1 Å². The Bertz CT molecular complexity index is 1860. The normalized spacial score (nSPS) is 17.4. The number of carbonyl (C=O) groups excluding carboxylic acids is 2. The van der Waals surface area contributed by atoms with E-state index in [1.807, 2.05) is 50.8 Å². The number of aromatic amines is 2. The van der Waals surface area contributed by atoms with E-state index in [9.17, 15) is 29.4 Å². The van der Waals surface area contributed by atoms with Crippen LogP contribution in [0.3, 0.4) is 0 Å². The van der Waals surface area contributed by atoms with Gasteiger partial charge in [-0.15, -0.1) is 0 Å². The summed E-state index contributed by atoms with van der Waals surface area (Å²) in [6.07, 6.45) is 8.09. The Labute approximate surface area is 255 Å². The van der Waals surface area contributed by atoms with E-state index in [-0.39, 0.29) is 31.1 Å². The lowest BCUT2D eigenvalue weighted by atomic mass is 9.99. The molecule has 0 spiro atoms. The molecule has 0 aromatic carbocycles. The van der Waals surface area contributed by atoms with Crippen LogP contribution >= 0.6 is 0 Å². The van der Waals surface area contributed by atoms with Crippen LogP contribution < -0.4 is 10.7 Å². The van der Waals surface area contributed by atoms with Crippen LogP contribution in [0.25, 0.3) is 18.2 Å². The fourth-order valence-electron chi connectivity index (χ4n) is 6.57. The number of carboxylic acids is 2. The Morgan fingerprint density at radius 2 is 1.57 bits per heavy atom. The third kappa shape index (κ3) is 5.52. The third-order valence-corrected chi connectivity index (χ3v) is 8.99. The number of aromatic nitrogens is 2. The first-order valence-corrected chi connectivity index (χ1v) is 15.1. The van der Waals surface area contributed by atoms with Gasteiger partial charge in [-0.25, -0.2) is 4.99 Å². The molecule has 44 heavy (non-hydrogen) atoms. The Hall–Kier alpha value is -4.73. The number of amides is 2. The summed E-state index contributed by atoms with van der Waals surface area (Å²) in [6.45, 7) is 10.1. The number of nitrogens with one attached hydrogen (secondary N) is 2. The number of aliphatic carboxylic acids is 2. The maximum Gasteiger partial charge on any atom is 0.303 e. The quantitative estimate of drug-likeness (QED) is 0.328. The number of carboxylic acid groups (broad SMARTS) is 2. The van der Waals surface area contributed by atoms with Crippen LogP contribution in [0.15, 0.2) is 33.0 Å². The number of hydrogen-bond donors (Lipinski definition) is 4. The predicted octanol–water partition coefficient (Wildman–Crippen LogP) is 3.47. The number of rotatable bonds is 10. The molecule has 5 heterocycles.